The van der Waals surface area contributed by atoms with Crippen LogP contribution in [0.5, 0.6) is 0 Å². The lowest BCUT2D eigenvalue weighted by molar-refractivity contribution is -0.118. The first kappa shape index (κ1) is 21.0. The summed E-state index contributed by atoms with van der Waals surface area (Å²) in [5.41, 5.74) is 2.46. The number of rotatable bonds is 8. The lowest BCUT2D eigenvalue weighted by atomic mass is 10.0. The molecule has 1 atom stereocenters. The largest absolute Gasteiger partial charge is 0.478 e. The van der Waals surface area contributed by atoms with Gasteiger partial charge in [-0.1, -0.05) is 60.7 Å². The molecule has 0 radical (unpaired) electrons. The zero-order valence-electron chi connectivity index (χ0n) is 15.6. The lowest BCUT2D eigenvalue weighted by Crippen LogP contribution is -2.42. The summed E-state index contributed by atoms with van der Waals surface area (Å²) in [7, 11) is 0. The van der Waals surface area contributed by atoms with Crippen LogP contribution < -0.4 is 10.6 Å². The van der Waals surface area contributed by atoms with E-state index in [-0.39, 0.29) is 11.5 Å². The van der Waals surface area contributed by atoms with Gasteiger partial charge in [0, 0.05) is 10.1 Å². The number of carbonyl (C=O) groups is 2. The van der Waals surface area contributed by atoms with Crippen molar-refractivity contribution >= 4 is 40.2 Å². The van der Waals surface area contributed by atoms with Crippen LogP contribution in [0, 0.1) is 3.57 Å². The summed E-state index contributed by atoms with van der Waals surface area (Å²) < 4.78 is 0.793. The standard InChI is InChI=1S/C23H21IN2O3/c24-18-11-12-20(19(14-18)23(28)29)26-22(27)21(13-16-7-3-1-4-8-16)25-15-17-9-5-2-6-10-17/h1-12,14,21,25H,13,15H2,(H,26,27)(H,28,29). The molecule has 0 fully saturated rings. The number of carbonyl (C=O) groups excluding carboxylic acids is 1. The van der Waals surface area contributed by atoms with E-state index in [9.17, 15) is 14.7 Å². The highest BCUT2D eigenvalue weighted by atomic mass is 127. The van der Waals surface area contributed by atoms with E-state index in [0.717, 1.165) is 14.7 Å². The number of nitrogens with one attached hydrogen (secondary N) is 2. The zero-order chi connectivity index (χ0) is 20.6. The second-order valence-corrected chi connectivity index (χ2v) is 7.84. The maximum absolute atomic E-state index is 13.0. The minimum Gasteiger partial charge on any atom is -0.478 e. The van der Waals surface area contributed by atoms with Crippen molar-refractivity contribution in [1.29, 1.82) is 0 Å². The molecule has 3 aromatic carbocycles. The summed E-state index contributed by atoms with van der Waals surface area (Å²) >= 11 is 2.05. The quantitative estimate of drug-likeness (QED) is 0.403. The van der Waals surface area contributed by atoms with E-state index in [1.807, 2.05) is 83.3 Å². The zero-order valence-corrected chi connectivity index (χ0v) is 17.8. The molecule has 0 saturated carbocycles. The fourth-order valence-electron chi connectivity index (χ4n) is 2.97. The molecule has 1 unspecified atom stereocenters. The Bertz CT molecular complexity index is 978. The van der Waals surface area contributed by atoms with Crippen molar-refractivity contribution in [2.45, 2.75) is 19.0 Å². The first-order valence-electron chi connectivity index (χ1n) is 9.18. The van der Waals surface area contributed by atoms with Gasteiger partial charge in [-0.15, -0.1) is 0 Å². The number of carboxylic acids is 1. The molecule has 1 amide bonds. The normalized spacial score (nSPS) is 11.6. The second-order valence-electron chi connectivity index (χ2n) is 6.59. The molecule has 5 nitrogen and oxygen atoms in total. The Morgan fingerprint density at radius 3 is 2.14 bits per heavy atom. The van der Waals surface area contributed by atoms with Gasteiger partial charge in [0.2, 0.25) is 5.91 Å². The number of benzene rings is 3. The predicted molar refractivity (Wildman–Crippen MR) is 122 cm³/mol. The Balaban J connectivity index is 1.79. The van der Waals surface area contributed by atoms with E-state index >= 15 is 0 Å². The second kappa shape index (κ2) is 10.2. The van der Waals surface area contributed by atoms with Gasteiger partial charge in [0.15, 0.2) is 0 Å². The summed E-state index contributed by atoms with van der Waals surface area (Å²) in [5.74, 6) is -1.34. The van der Waals surface area contributed by atoms with Crippen molar-refractivity contribution in [2.75, 3.05) is 5.32 Å². The van der Waals surface area contributed by atoms with Gasteiger partial charge in [0.1, 0.15) is 0 Å². The molecule has 3 N–H and O–H groups in total. The van der Waals surface area contributed by atoms with E-state index in [1.165, 1.54) is 0 Å². The van der Waals surface area contributed by atoms with Crippen molar-refractivity contribution in [2.24, 2.45) is 0 Å². The fraction of sp³-hybridized carbons (Fsp3) is 0.130. The average molecular weight is 500 g/mol. The molecule has 0 saturated heterocycles. The predicted octanol–water partition coefficient (Wildman–Crippen LogP) is 4.33. The van der Waals surface area contributed by atoms with E-state index in [0.29, 0.717) is 18.7 Å². The van der Waals surface area contributed by atoms with Crippen LogP contribution in [-0.4, -0.2) is 23.0 Å². The number of hydrogen-bond acceptors (Lipinski definition) is 3. The molecular formula is C23H21IN2O3. The Hall–Kier alpha value is -2.71. The van der Waals surface area contributed by atoms with Crippen LogP contribution in [0.2, 0.25) is 0 Å². The number of hydrogen-bond donors (Lipinski definition) is 3. The molecule has 0 aromatic heterocycles. The smallest absolute Gasteiger partial charge is 0.337 e. The van der Waals surface area contributed by atoms with Crippen LogP contribution in [-0.2, 0) is 17.8 Å². The molecule has 0 bridgehead atoms. The number of anilines is 1. The van der Waals surface area contributed by atoms with Crippen molar-refractivity contribution in [3.8, 4) is 0 Å². The SMILES string of the molecule is O=C(O)c1cc(I)ccc1NC(=O)C(Cc1ccccc1)NCc1ccccc1. The van der Waals surface area contributed by atoms with Gasteiger partial charge in [-0.3, -0.25) is 4.79 Å². The van der Waals surface area contributed by atoms with Gasteiger partial charge in [0.25, 0.3) is 0 Å². The highest BCUT2D eigenvalue weighted by Crippen LogP contribution is 2.20. The summed E-state index contributed by atoms with van der Waals surface area (Å²) in [6.45, 7) is 0.532. The fourth-order valence-corrected chi connectivity index (χ4v) is 3.46. The number of amides is 1. The molecular weight excluding hydrogens is 479 g/mol. The van der Waals surface area contributed by atoms with Gasteiger partial charge < -0.3 is 15.7 Å². The Morgan fingerprint density at radius 1 is 0.897 bits per heavy atom. The molecule has 3 aromatic rings. The molecule has 148 valence electrons. The van der Waals surface area contributed by atoms with Gasteiger partial charge in [0.05, 0.1) is 17.3 Å². The molecule has 29 heavy (non-hydrogen) atoms. The summed E-state index contributed by atoms with van der Waals surface area (Å²) in [6.07, 6.45) is 0.492. The van der Waals surface area contributed by atoms with Crippen LogP contribution in [0.1, 0.15) is 21.5 Å². The van der Waals surface area contributed by atoms with Gasteiger partial charge in [-0.2, -0.15) is 0 Å². The van der Waals surface area contributed by atoms with Gasteiger partial charge in [-0.25, -0.2) is 4.79 Å². The molecule has 0 heterocycles. The van der Waals surface area contributed by atoms with Crippen molar-refractivity contribution in [3.05, 3.63) is 99.1 Å². The molecule has 6 heteroatoms. The molecule has 3 rings (SSSR count). The maximum Gasteiger partial charge on any atom is 0.337 e. The highest BCUT2D eigenvalue weighted by molar-refractivity contribution is 14.1. The Labute approximate surface area is 183 Å². The van der Waals surface area contributed by atoms with Crippen LogP contribution >= 0.6 is 22.6 Å². The average Bonchev–Trinajstić information content (AvgIpc) is 2.73. The van der Waals surface area contributed by atoms with E-state index in [4.69, 9.17) is 0 Å². The third kappa shape index (κ3) is 6.13. The van der Waals surface area contributed by atoms with Crippen molar-refractivity contribution in [1.82, 2.24) is 5.32 Å². The van der Waals surface area contributed by atoms with Crippen LogP contribution in [0.4, 0.5) is 5.69 Å². The molecule has 0 aliphatic carbocycles. The molecule has 0 aliphatic rings. The van der Waals surface area contributed by atoms with E-state index < -0.39 is 12.0 Å². The Kier molecular flexibility index (Phi) is 7.37. The van der Waals surface area contributed by atoms with Crippen LogP contribution in [0.15, 0.2) is 78.9 Å². The number of halogens is 1. The third-order valence-electron chi connectivity index (χ3n) is 4.46. The van der Waals surface area contributed by atoms with E-state index in [2.05, 4.69) is 10.6 Å². The van der Waals surface area contributed by atoms with Gasteiger partial charge >= 0.3 is 5.97 Å². The van der Waals surface area contributed by atoms with Gasteiger partial charge in [-0.05, 0) is 58.3 Å². The topological polar surface area (TPSA) is 78.4 Å². The minimum absolute atomic E-state index is 0.0757. The third-order valence-corrected chi connectivity index (χ3v) is 5.14. The highest BCUT2D eigenvalue weighted by Gasteiger charge is 2.21. The lowest BCUT2D eigenvalue weighted by Gasteiger charge is -2.19. The molecule has 0 aliphatic heterocycles. The minimum atomic E-state index is -1.07. The first-order chi connectivity index (χ1) is 14.0. The van der Waals surface area contributed by atoms with Crippen LogP contribution in [0.25, 0.3) is 0 Å². The Morgan fingerprint density at radius 2 is 1.52 bits per heavy atom. The summed E-state index contributed by atoms with van der Waals surface area (Å²) in [5, 5.41) is 15.6. The summed E-state index contributed by atoms with van der Waals surface area (Å²) in [4.78, 5) is 24.6. The van der Waals surface area contributed by atoms with Crippen LogP contribution in [0.3, 0.4) is 0 Å². The first-order valence-corrected chi connectivity index (χ1v) is 10.3. The van der Waals surface area contributed by atoms with E-state index in [1.54, 1.807) is 18.2 Å². The van der Waals surface area contributed by atoms with Crippen molar-refractivity contribution < 1.29 is 14.7 Å². The monoisotopic (exact) mass is 500 g/mol. The van der Waals surface area contributed by atoms with Crippen molar-refractivity contribution in [3.63, 3.8) is 0 Å². The summed E-state index contributed by atoms with van der Waals surface area (Å²) in [6, 6.07) is 24.0. The molecule has 0 spiro atoms. The number of aromatic carboxylic acids is 1. The number of carboxylic acid groups (broad SMARTS) is 1. The maximum atomic E-state index is 13.0.